The maximum Gasteiger partial charge on any atom is 0.229 e. The Morgan fingerprint density at radius 2 is 2.12 bits per heavy atom. The lowest BCUT2D eigenvalue weighted by Gasteiger charge is -2.32. The van der Waals surface area contributed by atoms with Crippen LogP contribution in [-0.4, -0.2) is 29.0 Å². The van der Waals surface area contributed by atoms with Crippen LogP contribution in [0, 0.1) is 24.5 Å². The molecule has 0 bridgehead atoms. The van der Waals surface area contributed by atoms with Gasteiger partial charge in [0, 0.05) is 36.7 Å². The summed E-state index contributed by atoms with van der Waals surface area (Å²) in [6.45, 7) is 3.18. The number of aromatic nitrogens is 2. The zero-order valence-electron chi connectivity index (χ0n) is 13.3. The molecule has 3 rings (SSSR count). The SMILES string of the molecule is Cc1ccnc(N2CCCC(C(=O)Nc3ccc(F)c(F)c3)C2)n1. The molecule has 5 nitrogen and oxygen atoms in total. The van der Waals surface area contributed by atoms with Crippen LogP contribution >= 0.6 is 0 Å². The van der Waals surface area contributed by atoms with Crippen LogP contribution < -0.4 is 10.2 Å². The first-order valence-electron chi connectivity index (χ1n) is 7.83. The zero-order chi connectivity index (χ0) is 17.1. The van der Waals surface area contributed by atoms with E-state index in [0.717, 1.165) is 37.2 Å². The Labute approximate surface area is 138 Å². The van der Waals surface area contributed by atoms with E-state index in [0.29, 0.717) is 12.5 Å². The van der Waals surface area contributed by atoms with Crippen LogP contribution in [-0.2, 0) is 4.79 Å². The van der Waals surface area contributed by atoms with E-state index in [1.54, 1.807) is 6.20 Å². The van der Waals surface area contributed by atoms with Crippen LogP contribution in [0.5, 0.6) is 0 Å². The molecular weight excluding hydrogens is 314 g/mol. The van der Waals surface area contributed by atoms with Gasteiger partial charge in [0.1, 0.15) is 0 Å². The molecule has 1 aromatic carbocycles. The Kier molecular flexibility index (Phi) is 4.69. The fourth-order valence-corrected chi connectivity index (χ4v) is 2.78. The third-order valence-electron chi connectivity index (χ3n) is 4.04. The summed E-state index contributed by atoms with van der Waals surface area (Å²) in [5, 5.41) is 2.65. The van der Waals surface area contributed by atoms with Crippen LogP contribution in [0.4, 0.5) is 20.4 Å². The fourth-order valence-electron chi connectivity index (χ4n) is 2.78. The van der Waals surface area contributed by atoms with Crippen LogP contribution in [0.15, 0.2) is 30.5 Å². The highest BCUT2D eigenvalue weighted by Gasteiger charge is 2.27. The summed E-state index contributed by atoms with van der Waals surface area (Å²) in [6.07, 6.45) is 3.27. The van der Waals surface area contributed by atoms with Crippen LogP contribution in [0.2, 0.25) is 0 Å². The molecular formula is C17H18F2N4O. The second kappa shape index (κ2) is 6.90. The average molecular weight is 332 g/mol. The standard InChI is InChI=1S/C17H18F2N4O/c1-11-6-7-20-17(21-11)23-8-2-3-12(10-23)16(24)22-13-4-5-14(18)15(19)9-13/h4-7,9,12H,2-3,8,10H2,1H3,(H,22,24). The molecule has 1 saturated heterocycles. The molecule has 0 spiro atoms. The molecule has 1 atom stereocenters. The van der Waals surface area contributed by atoms with Gasteiger partial charge in [0.15, 0.2) is 11.6 Å². The molecule has 1 N–H and O–H groups in total. The minimum Gasteiger partial charge on any atom is -0.340 e. The maximum absolute atomic E-state index is 13.2. The molecule has 1 aliphatic heterocycles. The van der Waals surface area contributed by atoms with Gasteiger partial charge in [-0.3, -0.25) is 4.79 Å². The van der Waals surface area contributed by atoms with Crippen molar-refractivity contribution in [1.82, 2.24) is 9.97 Å². The van der Waals surface area contributed by atoms with Crippen molar-refractivity contribution in [3.8, 4) is 0 Å². The second-order valence-electron chi connectivity index (χ2n) is 5.90. The molecule has 0 saturated carbocycles. The molecule has 2 heterocycles. The van der Waals surface area contributed by atoms with Crippen molar-refractivity contribution in [1.29, 1.82) is 0 Å². The first-order valence-corrected chi connectivity index (χ1v) is 7.83. The third kappa shape index (κ3) is 3.67. The number of piperidine rings is 1. The van der Waals surface area contributed by atoms with Crippen molar-refractivity contribution in [2.75, 3.05) is 23.3 Å². The number of hydrogen-bond acceptors (Lipinski definition) is 4. The first-order chi connectivity index (χ1) is 11.5. The Hall–Kier alpha value is -2.57. The van der Waals surface area contributed by atoms with E-state index in [9.17, 15) is 13.6 Å². The van der Waals surface area contributed by atoms with E-state index in [-0.39, 0.29) is 17.5 Å². The van der Waals surface area contributed by atoms with E-state index in [1.165, 1.54) is 6.07 Å². The summed E-state index contributed by atoms with van der Waals surface area (Å²) in [7, 11) is 0. The number of amides is 1. The van der Waals surface area contributed by atoms with Crippen molar-refractivity contribution >= 4 is 17.5 Å². The first kappa shape index (κ1) is 16.3. The summed E-state index contributed by atoms with van der Waals surface area (Å²) >= 11 is 0. The fraction of sp³-hybridized carbons (Fsp3) is 0.353. The molecule has 2 aromatic rings. The highest BCUT2D eigenvalue weighted by Crippen LogP contribution is 2.22. The van der Waals surface area contributed by atoms with E-state index < -0.39 is 11.6 Å². The number of carbonyl (C=O) groups is 1. The predicted octanol–water partition coefficient (Wildman–Crippen LogP) is 2.92. The lowest BCUT2D eigenvalue weighted by atomic mass is 9.97. The van der Waals surface area contributed by atoms with Gasteiger partial charge >= 0.3 is 0 Å². The smallest absolute Gasteiger partial charge is 0.229 e. The van der Waals surface area contributed by atoms with Gasteiger partial charge in [-0.25, -0.2) is 18.7 Å². The van der Waals surface area contributed by atoms with Crippen molar-refractivity contribution in [2.24, 2.45) is 5.92 Å². The normalized spacial score (nSPS) is 17.6. The Bertz CT molecular complexity index is 753. The van der Waals surface area contributed by atoms with Crippen LogP contribution in [0.1, 0.15) is 18.5 Å². The number of benzene rings is 1. The van der Waals surface area contributed by atoms with Gasteiger partial charge in [-0.15, -0.1) is 0 Å². The van der Waals surface area contributed by atoms with E-state index >= 15 is 0 Å². The number of hydrogen-bond donors (Lipinski definition) is 1. The van der Waals surface area contributed by atoms with Gasteiger partial charge in [-0.2, -0.15) is 0 Å². The van der Waals surface area contributed by atoms with E-state index in [2.05, 4.69) is 15.3 Å². The van der Waals surface area contributed by atoms with Crippen LogP contribution in [0.25, 0.3) is 0 Å². The molecule has 1 unspecified atom stereocenters. The van der Waals surface area contributed by atoms with Crippen LogP contribution in [0.3, 0.4) is 0 Å². The Morgan fingerprint density at radius 3 is 2.88 bits per heavy atom. The molecule has 0 radical (unpaired) electrons. The summed E-state index contributed by atoms with van der Waals surface area (Å²) < 4.78 is 26.2. The van der Waals surface area contributed by atoms with Gasteiger partial charge < -0.3 is 10.2 Å². The number of carbonyl (C=O) groups excluding carboxylic acids is 1. The second-order valence-corrected chi connectivity index (χ2v) is 5.90. The molecule has 7 heteroatoms. The predicted molar refractivity (Wildman–Crippen MR) is 86.7 cm³/mol. The monoisotopic (exact) mass is 332 g/mol. The average Bonchev–Trinajstić information content (AvgIpc) is 2.58. The number of anilines is 2. The largest absolute Gasteiger partial charge is 0.340 e. The topological polar surface area (TPSA) is 58.1 Å². The molecule has 126 valence electrons. The zero-order valence-corrected chi connectivity index (χ0v) is 13.3. The summed E-state index contributed by atoms with van der Waals surface area (Å²) in [5.41, 5.74) is 1.12. The van der Waals surface area contributed by atoms with E-state index in [4.69, 9.17) is 0 Å². The Balaban J connectivity index is 1.67. The summed E-state index contributed by atoms with van der Waals surface area (Å²) in [6, 6.07) is 5.15. The van der Waals surface area contributed by atoms with Gasteiger partial charge in [-0.1, -0.05) is 0 Å². The quantitative estimate of drug-likeness (QED) is 0.939. The number of halogens is 2. The van der Waals surface area contributed by atoms with Crippen molar-refractivity contribution in [2.45, 2.75) is 19.8 Å². The molecule has 24 heavy (non-hydrogen) atoms. The van der Waals surface area contributed by atoms with Gasteiger partial charge in [0.2, 0.25) is 11.9 Å². The minimum absolute atomic E-state index is 0.210. The van der Waals surface area contributed by atoms with Crippen molar-refractivity contribution in [3.63, 3.8) is 0 Å². The van der Waals surface area contributed by atoms with Gasteiger partial charge in [0.05, 0.1) is 5.92 Å². The van der Waals surface area contributed by atoms with Gasteiger partial charge in [-0.05, 0) is 38.0 Å². The molecule has 0 aliphatic carbocycles. The van der Waals surface area contributed by atoms with Crippen molar-refractivity contribution in [3.05, 3.63) is 47.8 Å². The lowest BCUT2D eigenvalue weighted by Crippen LogP contribution is -2.41. The molecule has 1 fully saturated rings. The molecule has 1 amide bonds. The lowest BCUT2D eigenvalue weighted by molar-refractivity contribution is -0.120. The number of rotatable bonds is 3. The molecule has 1 aromatic heterocycles. The summed E-state index contributed by atoms with van der Waals surface area (Å²) in [4.78, 5) is 23.0. The number of aryl methyl sites for hydroxylation is 1. The Morgan fingerprint density at radius 1 is 1.29 bits per heavy atom. The maximum atomic E-state index is 13.2. The third-order valence-corrected chi connectivity index (χ3v) is 4.04. The highest BCUT2D eigenvalue weighted by atomic mass is 19.2. The highest BCUT2D eigenvalue weighted by molar-refractivity contribution is 5.93. The van der Waals surface area contributed by atoms with Crippen molar-refractivity contribution < 1.29 is 13.6 Å². The summed E-state index contributed by atoms with van der Waals surface area (Å²) in [5.74, 6) is -1.77. The molecule has 1 aliphatic rings. The number of nitrogens with zero attached hydrogens (tertiary/aromatic N) is 3. The van der Waals surface area contributed by atoms with Gasteiger partial charge in [0.25, 0.3) is 0 Å². The van der Waals surface area contributed by atoms with E-state index in [1.807, 2.05) is 17.9 Å². The minimum atomic E-state index is -0.980. The number of nitrogens with one attached hydrogen (secondary N) is 1.